The summed E-state index contributed by atoms with van der Waals surface area (Å²) >= 11 is 1.86. The molecule has 88 valence electrons. The molecule has 1 aliphatic heterocycles. The van der Waals surface area contributed by atoms with Gasteiger partial charge in [0.25, 0.3) is 0 Å². The number of hydrogen-bond acceptors (Lipinski definition) is 3. The highest BCUT2D eigenvalue weighted by Crippen LogP contribution is 2.14. The molecule has 4 nitrogen and oxygen atoms in total. The Morgan fingerprint density at radius 2 is 1.80 bits per heavy atom. The van der Waals surface area contributed by atoms with Crippen LogP contribution in [-0.2, 0) is 0 Å². The molecular weight excluding hydrogens is 210 g/mol. The van der Waals surface area contributed by atoms with Gasteiger partial charge in [-0.05, 0) is 13.2 Å². The van der Waals surface area contributed by atoms with Crippen LogP contribution in [-0.4, -0.2) is 72.6 Å². The largest absolute Gasteiger partial charge is 0.331 e. The van der Waals surface area contributed by atoms with Crippen molar-refractivity contribution in [3.8, 4) is 0 Å². The summed E-state index contributed by atoms with van der Waals surface area (Å²) in [6.45, 7) is 5.89. The Labute approximate surface area is 96.6 Å². The molecule has 0 N–H and O–H groups in total. The first-order valence-corrected chi connectivity index (χ1v) is 6.58. The second-order valence-electron chi connectivity index (χ2n) is 4.04. The van der Waals surface area contributed by atoms with Gasteiger partial charge in [0.05, 0.1) is 5.37 Å². The van der Waals surface area contributed by atoms with E-state index in [9.17, 15) is 4.79 Å². The first-order valence-electron chi connectivity index (χ1n) is 5.29. The molecular formula is C10H21N3OS. The maximum absolute atomic E-state index is 11.7. The lowest BCUT2D eigenvalue weighted by atomic mass is 10.3. The Morgan fingerprint density at radius 1 is 1.27 bits per heavy atom. The summed E-state index contributed by atoms with van der Waals surface area (Å²) in [5.41, 5.74) is 0. The number of nitrogens with zero attached hydrogens (tertiary/aromatic N) is 3. The third kappa shape index (κ3) is 3.28. The first kappa shape index (κ1) is 12.6. The fraction of sp³-hybridized carbons (Fsp3) is 0.900. The van der Waals surface area contributed by atoms with Crippen LogP contribution in [0.4, 0.5) is 4.79 Å². The van der Waals surface area contributed by atoms with Crippen LogP contribution >= 0.6 is 11.8 Å². The van der Waals surface area contributed by atoms with Crippen molar-refractivity contribution in [2.24, 2.45) is 0 Å². The van der Waals surface area contributed by atoms with E-state index in [2.05, 4.69) is 18.1 Å². The smallest absolute Gasteiger partial charge is 0.319 e. The standard InChI is InChI=1S/C10H21N3OS/c1-9(15-4)12-5-7-13(8-6-12)10(14)11(2)3/h9H,5-8H2,1-4H3. The molecule has 1 rings (SSSR count). The molecule has 1 atom stereocenters. The second kappa shape index (κ2) is 5.61. The molecule has 0 radical (unpaired) electrons. The van der Waals surface area contributed by atoms with Crippen molar-refractivity contribution in [3.63, 3.8) is 0 Å². The molecule has 0 bridgehead atoms. The summed E-state index contributed by atoms with van der Waals surface area (Å²) in [5, 5.41) is 0.557. The summed E-state index contributed by atoms with van der Waals surface area (Å²) in [6, 6.07) is 0.131. The molecule has 0 spiro atoms. The SMILES string of the molecule is CSC(C)N1CCN(C(=O)N(C)C)CC1. The van der Waals surface area contributed by atoms with Crippen molar-refractivity contribution < 1.29 is 4.79 Å². The van der Waals surface area contributed by atoms with E-state index in [-0.39, 0.29) is 6.03 Å². The highest BCUT2D eigenvalue weighted by atomic mass is 32.2. The Balaban J connectivity index is 2.39. The number of rotatable bonds is 2. The monoisotopic (exact) mass is 231 g/mol. The molecule has 0 aromatic carbocycles. The Kier molecular flexibility index (Phi) is 4.73. The van der Waals surface area contributed by atoms with Crippen molar-refractivity contribution in [1.82, 2.24) is 14.7 Å². The van der Waals surface area contributed by atoms with E-state index in [1.54, 1.807) is 19.0 Å². The zero-order chi connectivity index (χ0) is 11.4. The molecule has 2 amide bonds. The molecule has 0 saturated carbocycles. The summed E-state index contributed by atoms with van der Waals surface area (Å²) in [7, 11) is 3.61. The lowest BCUT2D eigenvalue weighted by Crippen LogP contribution is -2.52. The molecule has 0 aromatic heterocycles. The summed E-state index contributed by atoms with van der Waals surface area (Å²) in [4.78, 5) is 17.7. The van der Waals surface area contributed by atoms with Crippen LogP contribution < -0.4 is 0 Å². The van der Waals surface area contributed by atoms with E-state index >= 15 is 0 Å². The average Bonchev–Trinajstić information content (AvgIpc) is 2.27. The Bertz CT molecular complexity index is 215. The topological polar surface area (TPSA) is 26.8 Å². The zero-order valence-corrected chi connectivity index (χ0v) is 10.9. The molecule has 1 heterocycles. The third-order valence-corrected chi connectivity index (χ3v) is 3.80. The van der Waals surface area contributed by atoms with Crippen molar-refractivity contribution in [2.75, 3.05) is 46.5 Å². The fourth-order valence-corrected chi connectivity index (χ4v) is 2.22. The maximum Gasteiger partial charge on any atom is 0.319 e. The minimum Gasteiger partial charge on any atom is -0.331 e. The number of piperazine rings is 1. The number of carbonyl (C=O) groups excluding carboxylic acids is 1. The zero-order valence-electron chi connectivity index (χ0n) is 10.1. The van der Waals surface area contributed by atoms with Crippen molar-refractivity contribution in [3.05, 3.63) is 0 Å². The second-order valence-corrected chi connectivity index (χ2v) is 5.19. The molecule has 5 heteroatoms. The minimum atomic E-state index is 0.131. The van der Waals surface area contributed by atoms with Crippen LogP contribution in [0.15, 0.2) is 0 Å². The number of hydrogen-bond donors (Lipinski definition) is 0. The Hall–Kier alpha value is -0.420. The molecule has 1 aliphatic rings. The molecule has 15 heavy (non-hydrogen) atoms. The van der Waals surface area contributed by atoms with E-state index in [0.717, 1.165) is 26.2 Å². The molecule has 1 fully saturated rings. The quantitative estimate of drug-likeness (QED) is 0.709. The van der Waals surface area contributed by atoms with Gasteiger partial charge >= 0.3 is 6.03 Å². The van der Waals surface area contributed by atoms with E-state index < -0.39 is 0 Å². The summed E-state index contributed by atoms with van der Waals surface area (Å²) < 4.78 is 0. The average molecular weight is 231 g/mol. The van der Waals surface area contributed by atoms with Crippen LogP contribution in [0.5, 0.6) is 0 Å². The van der Waals surface area contributed by atoms with Gasteiger partial charge in [-0.2, -0.15) is 0 Å². The van der Waals surface area contributed by atoms with E-state index in [1.807, 2.05) is 16.7 Å². The number of urea groups is 1. The van der Waals surface area contributed by atoms with E-state index in [1.165, 1.54) is 0 Å². The van der Waals surface area contributed by atoms with Crippen molar-refractivity contribution >= 4 is 17.8 Å². The van der Waals surface area contributed by atoms with Gasteiger partial charge in [0, 0.05) is 40.3 Å². The number of amides is 2. The van der Waals surface area contributed by atoms with Crippen LogP contribution in [0.25, 0.3) is 0 Å². The van der Waals surface area contributed by atoms with Crippen LogP contribution in [0.3, 0.4) is 0 Å². The molecule has 0 aromatic rings. The molecule has 0 aliphatic carbocycles. The van der Waals surface area contributed by atoms with Gasteiger partial charge in [-0.25, -0.2) is 4.79 Å². The third-order valence-electron chi connectivity index (χ3n) is 2.82. The predicted octanol–water partition coefficient (Wildman–Crippen LogP) is 0.995. The van der Waals surface area contributed by atoms with Gasteiger partial charge in [-0.1, -0.05) is 0 Å². The van der Waals surface area contributed by atoms with E-state index in [0.29, 0.717) is 5.37 Å². The van der Waals surface area contributed by atoms with Crippen LogP contribution in [0, 0.1) is 0 Å². The minimum absolute atomic E-state index is 0.131. The molecule has 1 unspecified atom stereocenters. The van der Waals surface area contributed by atoms with Gasteiger partial charge in [0.2, 0.25) is 0 Å². The Morgan fingerprint density at radius 3 is 2.20 bits per heavy atom. The number of carbonyl (C=O) groups is 1. The maximum atomic E-state index is 11.7. The predicted molar refractivity (Wildman–Crippen MR) is 65.2 cm³/mol. The summed E-state index contributed by atoms with van der Waals surface area (Å²) in [6.07, 6.45) is 2.13. The van der Waals surface area contributed by atoms with Gasteiger partial charge in [-0.15, -0.1) is 11.8 Å². The lowest BCUT2D eigenvalue weighted by molar-refractivity contribution is 0.121. The highest BCUT2D eigenvalue weighted by molar-refractivity contribution is 7.99. The van der Waals surface area contributed by atoms with Crippen molar-refractivity contribution in [1.29, 1.82) is 0 Å². The molecule has 1 saturated heterocycles. The lowest BCUT2D eigenvalue weighted by Gasteiger charge is -2.38. The summed E-state index contributed by atoms with van der Waals surface area (Å²) in [5.74, 6) is 0. The highest BCUT2D eigenvalue weighted by Gasteiger charge is 2.24. The normalized spacial score (nSPS) is 20.1. The van der Waals surface area contributed by atoms with Crippen LogP contribution in [0.2, 0.25) is 0 Å². The van der Waals surface area contributed by atoms with Crippen LogP contribution in [0.1, 0.15) is 6.92 Å². The van der Waals surface area contributed by atoms with Gasteiger partial charge in [0.1, 0.15) is 0 Å². The van der Waals surface area contributed by atoms with Gasteiger partial charge in [-0.3, -0.25) is 4.90 Å². The first-order chi connectivity index (χ1) is 7.06. The van der Waals surface area contributed by atoms with Gasteiger partial charge < -0.3 is 9.80 Å². The van der Waals surface area contributed by atoms with Gasteiger partial charge in [0.15, 0.2) is 0 Å². The van der Waals surface area contributed by atoms with Crippen molar-refractivity contribution in [2.45, 2.75) is 12.3 Å². The van der Waals surface area contributed by atoms with E-state index in [4.69, 9.17) is 0 Å². The fourth-order valence-electron chi connectivity index (χ4n) is 1.71. The number of thioether (sulfide) groups is 1.